The molecule has 0 radical (unpaired) electrons. The summed E-state index contributed by atoms with van der Waals surface area (Å²) >= 11 is 17.3. The highest BCUT2D eigenvalue weighted by molar-refractivity contribution is 7.71. The van der Waals surface area contributed by atoms with Crippen molar-refractivity contribution in [2.45, 2.75) is 13.3 Å². The van der Waals surface area contributed by atoms with Crippen molar-refractivity contribution in [1.82, 2.24) is 9.97 Å². The Morgan fingerprint density at radius 2 is 1.94 bits per heavy atom. The highest BCUT2D eigenvalue weighted by Crippen LogP contribution is 2.25. The Morgan fingerprint density at radius 3 is 2.53 bits per heavy atom. The highest BCUT2D eigenvalue weighted by Gasteiger charge is 2.07. The molecule has 0 amide bonds. The molecule has 0 bridgehead atoms. The maximum absolute atomic E-state index is 6.11. The van der Waals surface area contributed by atoms with Gasteiger partial charge in [0.2, 0.25) is 0 Å². The van der Waals surface area contributed by atoms with Gasteiger partial charge in [-0.3, -0.25) is 0 Å². The molecule has 2 nitrogen and oxygen atoms in total. The quantitative estimate of drug-likeness (QED) is 0.831. The molecule has 0 saturated carbocycles. The normalized spacial score (nSPS) is 10.5. The zero-order chi connectivity index (χ0) is 12.4. The number of benzene rings is 1. The Bertz CT molecular complexity index is 587. The van der Waals surface area contributed by atoms with Gasteiger partial charge in [-0.05, 0) is 30.7 Å². The van der Waals surface area contributed by atoms with Crippen LogP contribution in [0.2, 0.25) is 10.0 Å². The molecule has 0 unspecified atom stereocenters. The van der Waals surface area contributed by atoms with Crippen LogP contribution < -0.4 is 0 Å². The summed E-state index contributed by atoms with van der Waals surface area (Å²) in [6.07, 6.45) is 0.545. The standard InChI is InChI=1S/C12H10Cl2N2S/c1-7-5-12(17)16-11(15-7)6-8-9(13)3-2-4-10(8)14/h2-5H,6H2,1H3,(H,15,16,17). The predicted octanol–water partition coefficient (Wildman–Crippen LogP) is 4.35. The molecule has 2 aromatic rings. The minimum Gasteiger partial charge on any atom is -0.347 e. The van der Waals surface area contributed by atoms with E-state index in [2.05, 4.69) is 9.97 Å². The maximum Gasteiger partial charge on any atom is 0.129 e. The van der Waals surface area contributed by atoms with Gasteiger partial charge in [-0.1, -0.05) is 41.5 Å². The van der Waals surface area contributed by atoms with Gasteiger partial charge >= 0.3 is 0 Å². The number of hydrogen-bond donors (Lipinski definition) is 1. The lowest BCUT2D eigenvalue weighted by molar-refractivity contribution is 0.935. The number of H-pyrrole nitrogens is 1. The van der Waals surface area contributed by atoms with Gasteiger partial charge in [0.25, 0.3) is 0 Å². The first-order valence-electron chi connectivity index (χ1n) is 5.06. The Labute approximate surface area is 115 Å². The summed E-state index contributed by atoms with van der Waals surface area (Å²) in [5.41, 5.74) is 1.84. The van der Waals surface area contributed by atoms with E-state index in [0.717, 1.165) is 17.1 Å². The van der Waals surface area contributed by atoms with Gasteiger partial charge in [0.15, 0.2) is 0 Å². The first-order valence-corrected chi connectivity index (χ1v) is 6.22. The minimum absolute atomic E-state index is 0.545. The van der Waals surface area contributed by atoms with Crippen LogP contribution in [0.5, 0.6) is 0 Å². The van der Waals surface area contributed by atoms with Crippen molar-refractivity contribution in [1.29, 1.82) is 0 Å². The number of nitrogens with zero attached hydrogens (tertiary/aromatic N) is 1. The van der Waals surface area contributed by atoms with Crippen molar-refractivity contribution in [2.75, 3.05) is 0 Å². The summed E-state index contributed by atoms with van der Waals surface area (Å²) in [7, 11) is 0. The zero-order valence-corrected chi connectivity index (χ0v) is 11.5. The maximum atomic E-state index is 6.11. The van der Waals surface area contributed by atoms with E-state index in [0.29, 0.717) is 21.1 Å². The van der Waals surface area contributed by atoms with Crippen LogP contribution in [0, 0.1) is 11.6 Å². The van der Waals surface area contributed by atoms with E-state index in [9.17, 15) is 0 Å². The predicted molar refractivity (Wildman–Crippen MR) is 73.4 cm³/mol. The number of nitrogens with one attached hydrogen (secondary N) is 1. The summed E-state index contributed by atoms with van der Waals surface area (Å²) in [4.78, 5) is 7.41. The molecule has 1 N–H and O–H groups in total. The molecule has 88 valence electrons. The molecule has 2 rings (SSSR count). The van der Waals surface area contributed by atoms with Crippen LogP contribution in [0.3, 0.4) is 0 Å². The zero-order valence-electron chi connectivity index (χ0n) is 9.13. The number of halogens is 2. The Balaban J connectivity index is 2.41. The van der Waals surface area contributed by atoms with Crippen LogP contribution in [-0.4, -0.2) is 9.97 Å². The van der Waals surface area contributed by atoms with Crippen LogP contribution in [0.15, 0.2) is 24.3 Å². The number of aromatic amines is 1. The van der Waals surface area contributed by atoms with E-state index < -0.39 is 0 Å². The first-order chi connectivity index (χ1) is 8.06. The van der Waals surface area contributed by atoms with Crippen molar-refractivity contribution in [3.05, 3.63) is 56.0 Å². The molecular weight excluding hydrogens is 275 g/mol. The van der Waals surface area contributed by atoms with Crippen LogP contribution in [-0.2, 0) is 6.42 Å². The summed E-state index contributed by atoms with van der Waals surface area (Å²) in [5, 5.41) is 1.28. The number of rotatable bonds is 2. The fourth-order valence-corrected chi connectivity index (χ4v) is 2.41. The van der Waals surface area contributed by atoms with E-state index in [1.807, 2.05) is 31.2 Å². The van der Waals surface area contributed by atoms with Gasteiger partial charge in [0.1, 0.15) is 10.5 Å². The molecule has 0 aliphatic carbocycles. The second-order valence-corrected chi connectivity index (χ2v) is 4.96. The molecular formula is C12H10Cl2N2S. The average Bonchev–Trinajstić information content (AvgIpc) is 2.22. The van der Waals surface area contributed by atoms with Gasteiger partial charge in [-0.15, -0.1) is 0 Å². The minimum atomic E-state index is 0.545. The number of hydrogen-bond acceptors (Lipinski definition) is 2. The third-order valence-corrected chi connectivity index (χ3v) is 3.25. The Morgan fingerprint density at radius 1 is 1.29 bits per heavy atom. The Kier molecular flexibility index (Phi) is 3.82. The lowest BCUT2D eigenvalue weighted by Gasteiger charge is -2.07. The lowest BCUT2D eigenvalue weighted by Crippen LogP contribution is -1.99. The van der Waals surface area contributed by atoms with Crippen LogP contribution in [0.1, 0.15) is 17.1 Å². The summed E-state index contributed by atoms with van der Waals surface area (Å²) in [6.45, 7) is 1.94. The van der Waals surface area contributed by atoms with E-state index in [4.69, 9.17) is 35.4 Å². The largest absolute Gasteiger partial charge is 0.347 e. The van der Waals surface area contributed by atoms with Crippen molar-refractivity contribution in [3.63, 3.8) is 0 Å². The second kappa shape index (κ2) is 5.17. The second-order valence-electron chi connectivity index (χ2n) is 3.73. The van der Waals surface area contributed by atoms with Crippen LogP contribution in [0.4, 0.5) is 0 Å². The van der Waals surface area contributed by atoms with Crippen molar-refractivity contribution < 1.29 is 0 Å². The van der Waals surface area contributed by atoms with E-state index in [1.165, 1.54) is 0 Å². The summed E-state index contributed by atoms with van der Waals surface area (Å²) in [6, 6.07) is 7.26. The van der Waals surface area contributed by atoms with Crippen LogP contribution in [0.25, 0.3) is 0 Å². The van der Waals surface area contributed by atoms with Gasteiger partial charge in [0, 0.05) is 22.2 Å². The highest BCUT2D eigenvalue weighted by atomic mass is 35.5. The van der Waals surface area contributed by atoms with Gasteiger partial charge in [-0.25, -0.2) is 4.98 Å². The van der Waals surface area contributed by atoms with Gasteiger partial charge in [-0.2, -0.15) is 0 Å². The fraction of sp³-hybridized carbons (Fsp3) is 0.167. The Hall–Kier alpha value is -0.900. The molecule has 1 aromatic heterocycles. The smallest absolute Gasteiger partial charge is 0.129 e. The molecule has 0 aliphatic heterocycles. The van der Waals surface area contributed by atoms with E-state index in [-0.39, 0.29) is 0 Å². The molecule has 1 heterocycles. The number of aryl methyl sites for hydroxylation is 1. The van der Waals surface area contributed by atoms with E-state index in [1.54, 1.807) is 0 Å². The van der Waals surface area contributed by atoms with Gasteiger partial charge < -0.3 is 4.98 Å². The molecule has 1 aromatic carbocycles. The molecule has 0 fully saturated rings. The monoisotopic (exact) mass is 284 g/mol. The van der Waals surface area contributed by atoms with E-state index >= 15 is 0 Å². The molecule has 0 spiro atoms. The average molecular weight is 285 g/mol. The molecule has 0 atom stereocenters. The van der Waals surface area contributed by atoms with Gasteiger partial charge in [0.05, 0.1) is 0 Å². The lowest BCUT2D eigenvalue weighted by atomic mass is 10.1. The SMILES string of the molecule is Cc1cc(=S)nc(Cc2c(Cl)cccc2Cl)[nH]1. The first kappa shape index (κ1) is 12.6. The molecule has 0 saturated heterocycles. The summed E-state index contributed by atoms with van der Waals surface area (Å²) < 4.78 is 0.569. The third kappa shape index (κ3) is 3.06. The fourth-order valence-electron chi connectivity index (χ4n) is 1.59. The molecule has 17 heavy (non-hydrogen) atoms. The molecule has 0 aliphatic rings. The third-order valence-electron chi connectivity index (χ3n) is 2.33. The van der Waals surface area contributed by atoms with Crippen molar-refractivity contribution in [2.24, 2.45) is 0 Å². The topological polar surface area (TPSA) is 28.7 Å². The van der Waals surface area contributed by atoms with Crippen molar-refractivity contribution in [3.8, 4) is 0 Å². The molecule has 5 heteroatoms. The number of aromatic nitrogens is 2. The summed E-state index contributed by atoms with van der Waals surface area (Å²) in [5.74, 6) is 0.769. The van der Waals surface area contributed by atoms with Crippen molar-refractivity contribution >= 4 is 35.4 Å². The van der Waals surface area contributed by atoms with Crippen LogP contribution >= 0.6 is 35.4 Å².